The molecule has 0 aliphatic carbocycles. The number of carbonyl (C=O) groups is 1. The van der Waals surface area contributed by atoms with Gasteiger partial charge in [-0.05, 0) is 58.3 Å². The topological polar surface area (TPSA) is 44.4 Å². The number of piperidine rings is 2. The van der Waals surface area contributed by atoms with Gasteiger partial charge in [0, 0.05) is 18.5 Å². The molecule has 2 aliphatic rings. The van der Waals surface area contributed by atoms with Gasteiger partial charge < -0.3 is 15.5 Å². The third kappa shape index (κ3) is 3.95. The summed E-state index contributed by atoms with van der Waals surface area (Å²) in [7, 11) is 2.14. The van der Waals surface area contributed by atoms with E-state index in [9.17, 15) is 4.79 Å². The van der Waals surface area contributed by atoms with Gasteiger partial charge in [-0.2, -0.15) is 0 Å². The average Bonchev–Trinajstić information content (AvgIpc) is 2.35. The molecule has 2 rings (SSSR count). The summed E-state index contributed by atoms with van der Waals surface area (Å²) in [5.74, 6) is 0.859. The summed E-state index contributed by atoms with van der Waals surface area (Å²) in [6, 6.07) is 0.776. The van der Waals surface area contributed by atoms with Crippen LogP contribution in [0.1, 0.15) is 39.0 Å². The summed E-state index contributed by atoms with van der Waals surface area (Å²) < 4.78 is 0. The molecule has 2 heterocycles. The highest BCUT2D eigenvalue weighted by atomic mass is 16.1. The second-order valence-corrected chi connectivity index (χ2v) is 6.03. The van der Waals surface area contributed by atoms with Crippen molar-refractivity contribution in [1.82, 2.24) is 15.5 Å². The highest BCUT2D eigenvalue weighted by Crippen LogP contribution is 2.18. The van der Waals surface area contributed by atoms with Crippen molar-refractivity contribution < 1.29 is 4.79 Å². The Labute approximate surface area is 110 Å². The number of hydrogen-bond acceptors (Lipinski definition) is 3. The lowest BCUT2D eigenvalue weighted by Crippen LogP contribution is -2.47. The first-order valence-electron chi connectivity index (χ1n) is 7.36. The van der Waals surface area contributed by atoms with E-state index in [1.54, 1.807) is 0 Å². The molecule has 2 atom stereocenters. The van der Waals surface area contributed by atoms with E-state index in [0.717, 1.165) is 32.5 Å². The number of nitrogens with one attached hydrogen (secondary N) is 2. The van der Waals surface area contributed by atoms with Crippen LogP contribution in [0.15, 0.2) is 0 Å². The maximum atomic E-state index is 12.0. The van der Waals surface area contributed by atoms with E-state index in [-0.39, 0.29) is 5.91 Å². The Hall–Kier alpha value is -0.610. The van der Waals surface area contributed by atoms with Crippen molar-refractivity contribution in [1.29, 1.82) is 0 Å². The number of rotatable bonds is 3. The van der Waals surface area contributed by atoms with Crippen LogP contribution in [0.3, 0.4) is 0 Å². The van der Waals surface area contributed by atoms with E-state index in [1.165, 1.54) is 12.8 Å². The van der Waals surface area contributed by atoms with Crippen molar-refractivity contribution in [2.75, 3.05) is 26.7 Å². The maximum absolute atomic E-state index is 12.0. The van der Waals surface area contributed by atoms with Gasteiger partial charge >= 0.3 is 0 Å². The lowest BCUT2D eigenvalue weighted by molar-refractivity contribution is -0.123. The predicted octanol–water partition coefficient (Wildman–Crippen LogP) is 0.975. The molecule has 104 valence electrons. The molecule has 0 saturated carbocycles. The fraction of sp³-hybridized carbons (Fsp3) is 0.929. The largest absolute Gasteiger partial charge is 0.353 e. The molecule has 2 unspecified atom stereocenters. The molecule has 0 spiro atoms. The quantitative estimate of drug-likeness (QED) is 0.788. The Kier molecular flexibility index (Phi) is 5.01. The third-order valence-electron chi connectivity index (χ3n) is 4.42. The molecular weight excluding hydrogens is 226 g/mol. The van der Waals surface area contributed by atoms with Crippen molar-refractivity contribution in [2.45, 2.75) is 51.1 Å². The highest BCUT2D eigenvalue weighted by Gasteiger charge is 2.25. The van der Waals surface area contributed by atoms with Crippen molar-refractivity contribution in [3.63, 3.8) is 0 Å². The summed E-state index contributed by atoms with van der Waals surface area (Å²) >= 11 is 0. The Morgan fingerprint density at radius 1 is 1.33 bits per heavy atom. The minimum atomic E-state index is 0.232. The summed E-state index contributed by atoms with van der Waals surface area (Å²) in [5, 5.41) is 6.68. The number of likely N-dealkylation sites (tertiary alicyclic amines) is 1. The van der Waals surface area contributed by atoms with Gasteiger partial charge in [-0.1, -0.05) is 6.92 Å². The predicted molar refractivity (Wildman–Crippen MR) is 73.5 cm³/mol. The molecule has 2 fully saturated rings. The van der Waals surface area contributed by atoms with Gasteiger partial charge in [0.25, 0.3) is 0 Å². The Morgan fingerprint density at radius 2 is 2.06 bits per heavy atom. The minimum Gasteiger partial charge on any atom is -0.353 e. The van der Waals surface area contributed by atoms with Crippen molar-refractivity contribution in [3.8, 4) is 0 Å². The van der Waals surface area contributed by atoms with Gasteiger partial charge in [-0.3, -0.25) is 4.79 Å². The molecule has 2 N–H and O–H groups in total. The fourth-order valence-electron chi connectivity index (χ4n) is 3.03. The van der Waals surface area contributed by atoms with Gasteiger partial charge in [-0.25, -0.2) is 0 Å². The second-order valence-electron chi connectivity index (χ2n) is 6.03. The molecule has 2 aliphatic heterocycles. The smallest absolute Gasteiger partial charge is 0.221 e. The van der Waals surface area contributed by atoms with Gasteiger partial charge in [0.2, 0.25) is 5.91 Å². The van der Waals surface area contributed by atoms with Crippen LogP contribution in [-0.4, -0.2) is 49.6 Å². The monoisotopic (exact) mass is 253 g/mol. The maximum Gasteiger partial charge on any atom is 0.221 e. The van der Waals surface area contributed by atoms with E-state index in [4.69, 9.17) is 0 Å². The summed E-state index contributed by atoms with van der Waals surface area (Å²) in [4.78, 5) is 14.4. The summed E-state index contributed by atoms with van der Waals surface area (Å²) in [6.07, 6.45) is 5.33. The summed E-state index contributed by atoms with van der Waals surface area (Å²) in [5.41, 5.74) is 0. The van der Waals surface area contributed by atoms with E-state index in [2.05, 4.69) is 29.5 Å². The first-order valence-corrected chi connectivity index (χ1v) is 7.36. The van der Waals surface area contributed by atoms with Crippen molar-refractivity contribution >= 4 is 5.91 Å². The lowest BCUT2D eigenvalue weighted by Gasteiger charge is -2.32. The van der Waals surface area contributed by atoms with Gasteiger partial charge in [-0.15, -0.1) is 0 Å². The van der Waals surface area contributed by atoms with Crippen LogP contribution in [0.2, 0.25) is 0 Å². The van der Waals surface area contributed by atoms with E-state index in [1.807, 2.05) is 0 Å². The normalized spacial score (nSPS) is 31.2. The highest BCUT2D eigenvalue weighted by molar-refractivity contribution is 5.77. The minimum absolute atomic E-state index is 0.232. The molecule has 0 aromatic rings. The molecule has 4 heteroatoms. The van der Waals surface area contributed by atoms with Crippen molar-refractivity contribution in [3.05, 3.63) is 0 Å². The molecule has 0 bridgehead atoms. The number of amides is 1. The molecule has 0 radical (unpaired) electrons. The standard InChI is InChI=1S/C14H27N3O/c1-11-4-3-7-15-13(11)10-14(18)16-12-5-8-17(2)9-6-12/h11-13,15H,3-10H2,1-2H3,(H,16,18). The fourth-order valence-corrected chi connectivity index (χ4v) is 3.03. The van der Waals surface area contributed by atoms with Crippen LogP contribution < -0.4 is 10.6 Å². The zero-order valence-corrected chi connectivity index (χ0v) is 11.7. The zero-order chi connectivity index (χ0) is 13.0. The van der Waals surface area contributed by atoms with E-state index in [0.29, 0.717) is 24.4 Å². The Morgan fingerprint density at radius 3 is 2.72 bits per heavy atom. The van der Waals surface area contributed by atoms with Crippen LogP contribution in [0, 0.1) is 5.92 Å². The van der Waals surface area contributed by atoms with Crippen LogP contribution in [0.4, 0.5) is 0 Å². The number of carbonyl (C=O) groups excluding carboxylic acids is 1. The van der Waals surface area contributed by atoms with Gasteiger partial charge in [0.05, 0.1) is 0 Å². The van der Waals surface area contributed by atoms with Gasteiger partial charge in [0.1, 0.15) is 0 Å². The molecule has 18 heavy (non-hydrogen) atoms. The first kappa shape index (κ1) is 13.8. The van der Waals surface area contributed by atoms with Crippen LogP contribution in [-0.2, 0) is 4.79 Å². The van der Waals surface area contributed by atoms with E-state index < -0.39 is 0 Å². The molecular formula is C14H27N3O. The average molecular weight is 253 g/mol. The number of hydrogen-bond donors (Lipinski definition) is 2. The molecule has 1 amide bonds. The van der Waals surface area contributed by atoms with Crippen LogP contribution >= 0.6 is 0 Å². The number of nitrogens with zero attached hydrogens (tertiary/aromatic N) is 1. The molecule has 2 saturated heterocycles. The van der Waals surface area contributed by atoms with Crippen LogP contribution in [0.5, 0.6) is 0 Å². The molecule has 4 nitrogen and oxygen atoms in total. The van der Waals surface area contributed by atoms with Crippen molar-refractivity contribution in [2.24, 2.45) is 5.92 Å². The lowest BCUT2D eigenvalue weighted by atomic mass is 9.90. The first-order chi connectivity index (χ1) is 8.65. The summed E-state index contributed by atoms with van der Waals surface area (Å²) in [6.45, 7) is 5.52. The zero-order valence-electron chi connectivity index (χ0n) is 11.7. The Balaban J connectivity index is 1.71. The second kappa shape index (κ2) is 6.53. The van der Waals surface area contributed by atoms with E-state index >= 15 is 0 Å². The Bertz CT molecular complexity index is 274. The van der Waals surface area contributed by atoms with Crippen LogP contribution in [0.25, 0.3) is 0 Å². The third-order valence-corrected chi connectivity index (χ3v) is 4.42. The molecule has 0 aromatic carbocycles. The SMILES string of the molecule is CC1CCCNC1CC(=O)NC1CCN(C)CC1. The molecule has 0 aromatic heterocycles. The van der Waals surface area contributed by atoms with Gasteiger partial charge in [0.15, 0.2) is 0 Å².